The first-order valence-corrected chi connectivity index (χ1v) is 6.36. The summed E-state index contributed by atoms with van der Waals surface area (Å²) in [7, 11) is 0. The van der Waals surface area contributed by atoms with Crippen LogP contribution in [0.4, 0.5) is 8.78 Å². The highest BCUT2D eigenvalue weighted by molar-refractivity contribution is 7.99. The second-order valence-corrected chi connectivity index (χ2v) is 5.15. The highest BCUT2D eigenvalue weighted by Crippen LogP contribution is 2.33. The van der Waals surface area contributed by atoms with Gasteiger partial charge < -0.3 is 5.73 Å². The third kappa shape index (κ3) is 3.09. The van der Waals surface area contributed by atoms with Gasteiger partial charge in [0.2, 0.25) is 0 Å². The van der Waals surface area contributed by atoms with Crippen molar-refractivity contribution < 1.29 is 8.78 Å². The molecule has 2 N–H and O–H groups in total. The molecule has 0 unspecified atom stereocenters. The first-order chi connectivity index (χ1) is 8.56. The minimum atomic E-state index is -0.314. The van der Waals surface area contributed by atoms with E-state index in [0.29, 0.717) is 0 Å². The zero-order chi connectivity index (χ0) is 13.1. The second kappa shape index (κ2) is 5.50. The number of benzene rings is 2. The fourth-order valence-corrected chi connectivity index (χ4v) is 2.70. The highest BCUT2D eigenvalue weighted by atomic mass is 32.2. The lowest BCUT2D eigenvalue weighted by molar-refractivity contribution is 0.619. The number of hydrogen-bond donors (Lipinski definition) is 1. The molecule has 0 saturated carbocycles. The molecule has 2 aromatic carbocycles. The summed E-state index contributed by atoms with van der Waals surface area (Å²) in [5.74, 6) is -0.602. The molecule has 0 bridgehead atoms. The predicted molar refractivity (Wildman–Crippen MR) is 69.5 cm³/mol. The smallest absolute Gasteiger partial charge is 0.124 e. The molecule has 0 saturated heterocycles. The maximum atomic E-state index is 13.2. The van der Waals surface area contributed by atoms with Gasteiger partial charge in [-0.1, -0.05) is 17.8 Å². The number of nitrogens with two attached hydrogens (primary N) is 1. The van der Waals surface area contributed by atoms with Crippen molar-refractivity contribution in [3.8, 4) is 0 Å². The van der Waals surface area contributed by atoms with Crippen molar-refractivity contribution in [1.82, 2.24) is 0 Å². The van der Waals surface area contributed by atoms with E-state index in [1.54, 1.807) is 19.1 Å². The van der Waals surface area contributed by atoms with Crippen molar-refractivity contribution in [1.29, 1.82) is 0 Å². The molecular weight excluding hydrogens is 252 g/mol. The molecule has 0 spiro atoms. The third-order valence-corrected chi connectivity index (χ3v) is 3.57. The topological polar surface area (TPSA) is 26.0 Å². The van der Waals surface area contributed by atoms with Crippen LogP contribution in [0.15, 0.2) is 52.3 Å². The standard InChI is InChI=1S/C14H13F2NS/c1-9(17)13-8-11(16)5-6-14(13)18-12-4-2-3-10(15)7-12/h2-9H,17H2,1H3/t9-/m0/s1. The Morgan fingerprint density at radius 3 is 2.44 bits per heavy atom. The van der Waals surface area contributed by atoms with Gasteiger partial charge in [-0.3, -0.25) is 0 Å². The monoisotopic (exact) mass is 265 g/mol. The fourth-order valence-electron chi connectivity index (χ4n) is 1.63. The predicted octanol–water partition coefficient (Wildman–Crippen LogP) is 4.14. The van der Waals surface area contributed by atoms with E-state index in [4.69, 9.17) is 5.73 Å². The minimum Gasteiger partial charge on any atom is -0.324 e. The van der Waals surface area contributed by atoms with Crippen molar-refractivity contribution in [2.75, 3.05) is 0 Å². The zero-order valence-electron chi connectivity index (χ0n) is 9.86. The van der Waals surface area contributed by atoms with Gasteiger partial charge in [0.15, 0.2) is 0 Å². The van der Waals surface area contributed by atoms with Crippen LogP contribution in [-0.4, -0.2) is 0 Å². The van der Waals surface area contributed by atoms with Crippen LogP contribution in [0.2, 0.25) is 0 Å². The van der Waals surface area contributed by atoms with Crippen LogP contribution >= 0.6 is 11.8 Å². The van der Waals surface area contributed by atoms with Gasteiger partial charge in [-0.15, -0.1) is 0 Å². The summed E-state index contributed by atoms with van der Waals surface area (Å²) in [6.45, 7) is 1.80. The quantitative estimate of drug-likeness (QED) is 0.902. The average Bonchev–Trinajstić information content (AvgIpc) is 2.31. The first-order valence-electron chi connectivity index (χ1n) is 5.54. The number of rotatable bonds is 3. The van der Waals surface area contributed by atoms with Crippen molar-refractivity contribution in [2.24, 2.45) is 5.73 Å². The van der Waals surface area contributed by atoms with Crippen LogP contribution < -0.4 is 5.73 Å². The van der Waals surface area contributed by atoms with Gasteiger partial charge in [0.25, 0.3) is 0 Å². The SMILES string of the molecule is C[C@H](N)c1cc(F)ccc1Sc1cccc(F)c1. The van der Waals surface area contributed by atoms with Gasteiger partial charge in [0.05, 0.1) is 0 Å². The molecule has 4 heteroatoms. The Bertz CT molecular complexity index is 555. The molecule has 1 atom stereocenters. The second-order valence-electron chi connectivity index (χ2n) is 4.03. The molecule has 1 nitrogen and oxygen atoms in total. The van der Waals surface area contributed by atoms with Crippen LogP contribution in [0, 0.1) is 11.6 Å². The van der Waals surface area contributed by atoms with Gasteiger partial charge in [-0.05, 0) is 48.9 Å². The van der Waals surface area contributed by atoms with Crippen molar-refractivity contribution >= 4 is 11.8 Å². The maximum Gasteiger partial charge on any atom is 0.124 e. The van der Waals surface area contributed by atoms with E-state index in [9.17, 15) is 8.78 Å². The summed E-state index contributed by atoms with van der Waals surface area (Å²) < 4.78 is 26.3. The summed E-state index contributed by atoms with van der Waals surface area (Å²) in [6, 6.07) is 10.5. The number of halogens is 2. The Kier molecular flexibility index (Phi) is 3.99. The van der Waals surface area contributed by atoms with Crippen LogP contribution in [0.25, 0.3) is 0 Å². The average molecular weight is 265 g/mol. The van der Waals surface area contributed by atoms with E-state index in [0.717, 1.165) is 15.4 Å². The lowest BCUT2D eigenvalue weighted by atomic mass is 10.1. The summed E-state index contributed by atoms with van der Waals surface area (Å²) in [4.78, 5) is 1.61. The van der Waals surface area contributed by atoms with E-state index in [1.807, 2.05) is 6.07 Å². The molecule has 2 rings (SSSR count). The fraction of sp³-hybridized carbons (Fsp3) is 0.143. The summed E-state index contributed by atoms with van der Waals surface area (Å²) >= 11 is 1.38. The minimum absolute atomic E-state index is 0.267. The van der Waals surface area contributed by atoms with Gasteiger partial charge in [0.1, 0.15) is 11.6 Å². The molecule has 0 aliphatic rings. The van der Waals surface area contributed by atoms with Crippen molar-refractivity contribution in [2.45, 2.75) is 22.8 Å². The normalized spacial score (nSPS) is 12.4. The molecular formula is C14H13F2NS. The Morgan fingerprint density at radius 1 is 1.06 bits per heavy atom. The van der Waals surface area contributed by atoms with E-state index >= 15 is 0 Å². The Labute approximate surface area is 109 Å². The third-order valence-electron chi connectivity index (χ3n) is 2.49. The van der Waals surface area contributed by atoms with E-state index in [2.05, 4.69) is 0 Å². The van der Waals surface area contributed by atoms with Crippen LogP contribution in [0.3, 0.4) is 0 Å². The molecule has 0 radical (unpaired) electrons. The van der Waals surface area contributed by atoms with E-state index < -0.39 is 0 Å². The van der Waals surface area contributed by atoms with Gasteiger partial charge in [0, 0.05) is 15.8 Å². The van der Waals surface area contributed by atoms with E-state index in [1.165, 1.54) is 36.0 Å². The summed E-state index contributed by atoms with van der Waals surface area (Å²) in [5.41, 5.74) is 6.54. The zero-order valence-corrected chi connectivity index (χ0v) is 10.7. The van der Waals surface area contributed by atoms with Gasteiger partial charge in [-0.2, -0.15) is 0 Å². The van der Waals surface area contributed by atoms with Crippen LogP contribution in [0.5, 0.6) is 0 Å². The summed E-state index contributed by atoms with van der Waals surface area (Å²) in [5, 5.41) is 0. The van der Waals surface area contributed by atoms with Crippen LogP contribution in [-0.2, 0) is 0 Å². The Hall–Kier alpha value is -1.39. The van der Waals surface area contributed by atoms with Crippen molar-refractivity contribution in [3.63, 3.8) is 0 Å². The molecule has 2 aromatic rings. The molecule has 0 aliphatic carbocycles. The molecule has 18 heavy (non-hydrogen) atoms. The lowest BCUT2D eigenvalue weighted by Gasteiger charge is -2.12. The number of hydrogen-bond acceptors (Lipinski definition) is 2. The molecule has 0 heterocycles. The molecule has 94 valence electrons. The highest BCUT2D eigenvalue weighted by Gasteiger charge is 2.10. The Morgan fingerprint density at radius 2 is 1.78 bits per heavy atom. The molecule has 0 amide bonds. The van der Waals surface area contributed by atoms with Gasteiger partial charge >= 0.3 is 0 Å². The van der Waals surface area contributed by atoms with E-state index in [-0.39, 0.29) is 17.7 Å². The maximum absolute atomic E-state index is 13.2. The molecule has 0 fully saturated rings. The van der Waals surface area contributed by atoms with Crippen molar-refractivity contribution in [3.05, 3.63) is 59.7 Å². The van der Waals surface area contributed by atoms with Crippen LogP contribution in [0.1, 0.15) is 18.5 Å². The largest absolute Gasteiger partial charge is 0.324 e. The van der Waals surface area contributed by atoms with Gasteiger partial charge in [-0.25, -0.2) is 8.78 Å². The molecule has 0 aliphatic heterocycles. The molecule has 0 aromatic heterocycles. The first kappa shape index (κ1) is 13.1. The lowest BCUT2D eigenvalue weighted by Crippen LogP contribution is -2.06. The Balaban J connectivity index is 2.34. The summed E-state index contributed by atoms with van der Waals surface area (Å²) in [6.07, 6.45) is 0.